The molecule has 2 aromatic rings. The van der Waals surface area contributed by atoms with Gasteiger partial charge in [-0.05, 0) is 35.6 Å². The van der Waals surface area contributed by atoms with Gasteiger partial charge in [0.05, 0.1) is 12.8 Å². The highest BCUT2D eigenvalue weighted by atomic mass is 32.2. The van der Waals surface area contributed by atoms with Crippen molar-refractivity contribution in [3.63, 3.8) is 0 Å². The van der Waals surface area contributed by atoms with Crippen LogP contribution in [0.25, 0.3) is 0 Å². The lowest BCUT2D eigenvalue weighted by Gasteiger charge is -2.16. The van der Waals surface area contributed by atoms with Gasteiger partial charge in [0, 0.05) is 24.0 Å². The fourth-order valence-corrected chi connectivity index (χ4v) is 3.35. The highest BCUT2D eigenvalue weighted by molar-refractivity contribution is 7.88. The molecule has 0 saturated heterocycles. The number of carbonyl (C=O) groups excluding carboxylic acids is 1. The van der Waals surface area contributed by atoms with Gasteiger partial charge in [-0.1, -0.05) is 18.2 Å². The van der Waals surface area contributed by atoms with E-state index in [2.05, 4.69) is 4.72 Å². The molecule has 0 fully saturated rings. The third-order valence-corrected chi connectivity index (χ3v) is 4.89. The van der Waals surface area contributed by atoms with Crippen molar-refractivity contribution in [2.24, 2.45) is 0 Å². The lowest BCUT2D eigenvalue weighted by Crippen LogP contribution is -2.26. The van der Waals surface area contributed by atoms with Crippen LogP contribution in [0.5, 0.6) is 0 Å². The molecule has 0 aliphatic carbocycles. The zero-order valence-electron chi connectivity index (χ0n) is 13.2. The van der Waals surface area contributed by atoms with Crippen LogP contribution in [-0.2, 0) is 23.0 Å². The van der Waals surface area contributed by atoms with Gasteiger partial charge in [0.1, 0.15) is 0 Å². The summed E-state index contributed by atoms with van der Waals surface area (Å²) < 4.78 is 24.5. The molecule has 0 aliphatic heterocycles. The number of hydrogen-bond acceptors (Lipinski definition) is 4. The van der Waals surface area contributed by atoms with Crippen molar-refractivity contribution in [3.05, 3.63) is 57.8 Å². The third-order valence-electron chi connectivity index (χ3n) is 3.30. The predicted octanol–water partition coefficient (Wildman–Crippen LogP) is 2.11. The minimum Gasteiger partial charge on any atom is -0.337 e. The molecule has 124 valence electrons. The van der Waals surface area contributed by atoms with Crippen LogP contribution in [0.15, 0.2) is 41.8 Å². The van der Waals surface area contributed by atoms with E-state index >= 15 is 0 Å². The van der Waals surface area contributed by atoms with Gasteiger partial charge in [-0.2, -0.15) is 0 Å². The molecule has 0 bridgehead atoms. The second-order valence-electron chi connectivity index (χ2n) is 5.35. The van der Waals surface area contributed by atoms with Gasteiger partial charge in [0.2, 0.25) is 10.0 Å². The summed E-state index contributed by atoms with van der Waals surface area (Å²) in [6, 6.07) is 11.3. The summed E-state index contributed by atoms with van der Waals surface area (Å²) in [5.41, 5.74) is 1.61. The molecule has 5 nitrogen and oxygen atoms in total. The first-order valence-corrected chi connectivity index (χ1v) is 9.94. The Morgan fingerprint density at radius 1 is 1.22 bits per heavy atom. The number of sulfonamides is 1. The molecule has 0 atom stereocenters. The molecule has 23 heavy (non-hydrogen) atoms. The smallest absolute Gasteiger partial charge is 0.253 e. The molecule has 1 aromatic carbocycles. The molecule has 1 N–H and O–H groups in total. The summed E-state index contributed by atoms with van der Waals surface area (Å²) >= 11 is 1.63. The average molecular weight is 352 g/mol. The van der Waals surface area contributed by atoms with Gasteiger partial charge < -0.3 is 4.90 Å². The molecular formula is C16H20N2O3S2. The first-order chi connectivity index (χ1) is 10.8. The summed E-state index contributed by atoms with van der Waals surface area (Å²) in [6.45, 7) is 0.945. The second-order valence-corrected chi connectivity index (χ2v) is 8.22. The van der Waals surface area contributed by atoms with E-state index in [9.17, 15) is 13.2 Å². The van der Waals surface area contributed by atoms with E-state index in [-0.39, 0.29) is 5.91 Å². The van der Waals surface area contributed by atoms with E-state index < -0.39 is 10.0 Å². The van der Waals surface area contributed by atoms with E-state index in [1.807, 2.05) is 29.6 Å². The van der Waals surface area contributed by atoms with Crippen LogP contribution in [0.2, 0.25) is 0 Å². The number of carbonyl (C=O) groups is 1. The van der Waals surface area contributed by atoms with E-state index in [0.29, 0.717) is 25.1 Å². The van der Waals surface area contributed by atoms with Crippen molar-refractivity contribution in [1.82, 2.24) is 9.62 Å². The normalized spacial score (nSPS) is 11.4. The zero-order chi connectivity index (χ0) is 16.9. The standard InChI is InChI=1S/C16H20N2O3S2/c1-18(12-15-4-3-11-22-15)16(19)14-7-5-13(6-8-14)9-10-17-23(2,20)21/h3-8,11,17H,9-10,12H2,1-2H3. The van der Waals surface area contributed by atoms with Crippen LogP contribution in [0.1, 0.15) is 20.8 Å². The SMILES string of the molecule is CN(Cc1cccs1)C(=O)c1ccc(CCNS(C)(=O)=O)cc1. The monoisotopic (exact) mass is 352 g/mol. The third kappa shape index (κ3) is 5.78. The number of hydrogen-bond donors (Lipinski definition) is 1. The Balaban J connectivity index is 1.91. The maximum atomic E-state index is 12.4. The number of nitrogens with zero attached hydrogens (tertiary/aromatic N) is 1. The Labute approximate surface area is 141 Å². The molecule has 2 rings (SSSR count). The zero-order valence-corrected chi connectivity index (χ0v) is 14.8. The summed E-state index contributed by atoms with van der Waals surface area (Å²) in [5, 5.41) is 1.99. The molecule has 0 aliphatic rings. The van der Waals surface area contributed by atoms with Crippen LogP contribution < -0.4 is 4.72 Å². The molecule has 7 heteroatoms. The summed E-state index contributed by atoms with van der Waals surface area (Å²) in [6.07, 6.45) is 1.73. The Kier molecular flexibility index (Phi) is 5.92. The number of amides is 1. The van der Waals surface area contributed by atoms with Crippen molar-refractivity contribution < 1.29 is 13.2 Å². The van der Waals surface area contributed by atoms with Crippen molar-refractivity contribution in [1.29, 1.82) is 0 Å². The van der Waals surface area contributed by atoms with Gasteiger partial charge >= 0.3 is 0 Å². The molecule has 1 aromatic heterocycles. The van der Waals surface area contributed by atoms with Gasteiger partial charge in [-0.15, -0.1) is 11.3 Å². The quantitative estimate of drug-likeness (QED) is 0.830. The molecule has 0 spiro atoms. The Bertz CT molecular complexity index is 738. The fourth-order valence-electron chi connectivity index (χ4n) is 2.12. The minimum absolute atomic E-state index is 0.0285. The summed E-state index contributed by atoms with van der Waals surface area (Å²) in [7, 11) is -1.38. The van der Waals surface area contributed by atoms with Crippen LogP contribution in [-0.4, -0.2) is 39.1 Å². The molecule has 1 amide bonds. The number of benzene rings is 1. The molecular weight excluding hydrogens is 332 g/mol. The van der Waals surface area contributed by atoms with E-state index in [0.717, 1.165) is 16.7 Å². The number of rotatable bonds is 7. The van der Waals surface area contributed by atoms with Crippen molar-refractivity contribution in [2.75, 3.05) is 19.8 Å². The van der Waals surface area contributed by atoms with Gasteiger partial charge in [-0.3, -0.25) is 4.79 Å². The summed E-state index contributed by atoms with van der Waals surface area (Å²) in [5.74, 6) is -0.0285. The lowest BCUT2D eigenvalue weighted by atomic mass is 10.1. The maximum Gasteiger partial charge on any atom is 0.253 e. The van der Waals surface area contributed by atoms with E-state index in [1.54, 1.807) is 35.4 Å². The first kappa shape index (κ1) is 17.7. The van der Waals surface area contributed by atoms with Gasteiger partial charge in [0.25, 0.3) is 5.91 Å². The number of thiophene rings is 1. The minimum atomic E-state index is -3.16. The molecule has 0 radical (unpaired) electrons. The second kappa shape index (κ2) is 7.72. The highest BCUT2D eigenvalue weighted by Crippen LogP contribution is 2.13. The Morgan fingerprint density at radius 2 is 1.91 bits per heavy atom. The molecule has 0 unspecified atom stereocenters. The maximum absolute atomic E-state index is 12.4. The van der Waals surface area contributed by atoms with Crippen LogP contribution in [0.4, 0.5) is 0 Å². The van der Waals surface area contributed by atoms with E-state index in [4.69, 9.17) is 0 Å². The largest absolute Gasteiger partial charge is 0.337 e. The topological polar surface area (TPSA) is 66.5 Å². The van der Waals surface area contributed by atoms with Crippen molar-refractivity contribution in [2.45, 2.75) is 13.0 Å². The number of nitrogens with one attached hydrogen (secondary N) is 1. The molecule has 0 saturated carbocycles. The van der Waals surface area contributed by atoms with Crippen LogP contribution in [0.3, 0.4) is 0 Å². The average Bonchev–Trinajstić information content (AvgIpc) is 2.99. The molecule has 1 heterocycles. The van der Waals surface area contributed by atoms with Crippen LogP contribution >= 0.6 is 11.3 Å². The Hall–Kier alpha value is -1.70. The fraction of sp³-hybridized carbons (Fsp3) is 0.312. The first-order valence-electron chi connectivity index (χ1n) is 7.16. The van der Waals surface area contributed by atoms with Crippen molar-refractivity contribution in [3.8, 4) is 0 Å². The van der Waals surface area contributed by atoms with Crippen LogP contribution in [0, 0.1) is 0 Å². The lowest BCUT2D eigenvalue weighted by molar-refractivity contribution is 0.0786. The van der Waals surface area contributed by atoms with Crippen molar-refractivity contribution >= 4 is 27.3 Å². The predicted molar refractivity (Wildman–Crippen MR) is 93.1 cm³/mol. The van der Waals surface area contributed by atoms with Gasteiger partial charge in [-0.25, -0.2) is 13.1 Å². The summed E-state index contributed by atoms with van der Waals surface area (Å²) in [4.78, 5) is 15.2. The van der Waals surface area contributed by atoms with E-state index in [1.165, 1.54) is 0 Å². The van der Waals surface area contributed by atoms with Gasteiger partial charge in [0.15, 0.2) is 0 Å². The highest BCUT2D eigenvalue weighted by Gasteiger charge is 2.12. The Morgan fingerprint density at radius 3 is 2.48 bits per heavy atom.